The first kappa shape index (κ1) is 13.6. The van der Waals surface area contributed by atoms with Gasteiger partial charge in [-0.15, -0.1) is 0 Å². The predicted octanol–water partition coefficient (Wildman–Crippen LogP) is 0.948. The van der Waals surface area contributed by atoms with E-state index < -0.39 is 11.6 Å². The molecule has 0 aromatic carbocycles. The number of nitrogens with zero attached hydrogens (tertiary/aromatic N) is 1. The Morgan fingerprint density at radius 1 is 1.32 bits per heavy atom. The van der Waals surface area contributed by atoms with E-state index in [0.717, 1.165) is 5.56 Å². The molecule has 1 aromatic rings. The lowest BCUT2D eigenvalue weighted by atomic mass is 9.91. The number of rotatable bonds is 2. The molecule has 1 saturated heterocycles. The van der Waals surface area contributed by atoms with Crippen LogP contribution in [0, 0.1) is 13.8 Å². The Morgan fingerprint density at radius 3 is 2.32 bits per heavy atom. The van der Waals surface area contributed by atoms with Crippen molar-refractivity contribution in [2.24, 2.45) is 0 Å². The standard InChI is InChI=1S/C13H17NO5/c1-8-7-9(2)19-10(8)11(15)14-5-3-13(18,4-6-14)12(16)17/h7,18H,3-6H2,1-2H3,(H,16,17). The predicted molar refractivity (Wildman–Crippen MR) is 65.9 cm³/mol. The van der Waals surface area contributed by atoms with Crippen molar-refractivity contribution in [3.05, 3.63) is 23.2 Å². The number of carbonyl (C=O) groups is 2. The van der Waals surface area contributed by atoms with Crippen LogP contribution in [0.15, 0.2) is 10.5 Å². The van der Waals surface area contributed by atoms with Crippen molar-refractivity contribution >= 4 is 11.9 Å². The topological polar surface area (TPSA) is 91.0 Å². The smallest absolute Gasteiger partial charge is 0.335 e. The molecule has 0 aliphatic carbocycles. The molecule has 0 radical (unpaired) electrons. The van der Waals surface area contributed by atoms with E-state index >= 15 is 0 Å². The van der Waals surface area contributed by atoms with Crippen LogP contribution < -0.4 is 0 Å². The van der Waals surface area contributed by atoms with Gasteiger partial charge in [-0.1, -0.05) is 0 Å². The first-order chi connectivity index (χ1) is 8.83. The van der Waals surface area contributed by atoms with Gasteiger partial charge in [-0.25, -0.2) is 4.79 Å². The van der Waals surface area contributed by atoms with E-state index in [2.05, 4.69) is 0 Å². The number of aryl methyl sites for hydroxylation is 2. The Hall–Kier alpha value is -1.82. The van der Waals surface area contributed by atoms with Crippen LogP contribution in [-0.2, 0) is 4.79 Å². The first-order valence-corrected chi connectivity index (χ1v) is 6.15. The summed E-state index contributed by atoms with van der Waals surface area (Å²) < 4.78 is 5.36. The van der Waals surface area contributed by atoms with Crippen LogP contribution in [0.5, 0.6) is 0 Å². The first-order valence-electron chi connectivity index (χ1n) is 6.15. The van der Waals surface area contributed by atoms with Gasteiger partial charge in [0.15, 0.2) is 11.4 Å². The number of carboxylic acids is 1. The molecule has 1 amide bonds. The monoisotopic (exact) mass is 267 g/mol. The summed E-state index contributed by atoms with van der Waals surface area (Å²) in [6, 6.07) is 1.78. The zero-order valence-electron chi connectivity index (χ0n) is 11.0. The average Bonchev–Trinajstić information content (AvgIpc) is 2.68. The van der Waals surface area contributed by atoms with Gasteiger partial charge in [-0.2, -0.15) is 0 Å². The minimum Gasteiger partial charge on any atom is -0.479 e. The number of hydrogen-bond acceptors (Lipinski definition) is 4. The second-order valence-corrected chi connectivity index (χ2v) is 5.00. The van der Waals surface area contributed by atoms with Gasteiger partial charge in [0, 0.05) is 31.5 Å². The summed E-state index contributed by atoms with van der Waals surface area (Å²) in [7, 11) is 0. The second kappa shape index (κ2) is 4.70. The third-order valence-corrected chi connectivity index (χ3v) is 3.51. The van der Waals surface area contributed by atoms with Crippen LogP contribution in [0.4, 0.5) is 0 Å². The van der Waals surface area contributed by atoms with E-state index in [1.54, 1.807) is 19.9 Å². The van der Waals surface area contributed by atoms with Crippen LogP contribution in [-0.4, -0.2) is 45.7 Å². The fourth-order valence-corrected chi connectivity index (χ4v) is 2.29. The lowest BCUT2D eigenvalue weighted by molar-refractivity contribution is -0.162. The molecule has 0 atom stereocenters. The van der Waals surface area contributed by atoms with Crippen molar-refractivity contribution in [1.29, 1.82) is 0 Å². The molecule has 2 heterocycles. The molecule has 2 rings (SSSR count). The summed E-state index contributed by atoms with van der Waals surface area (Å²) in [6.45, 7) is 3.98. The van der Waals surface area contributed by atoms with Crippen molar-refractivity contribution in [2.75, 3.05) is 13.1 Å². The lowest BCUT2D eigenvalue weighted by Gasteiger charge is -2.34. The van der Waals surface area contributed by atoms with E-state index in [4.69, 9.17) is 9.52 Å². The number of aliphatic carboxylic acids is 1. The molecular formula is C13H17NO5. The van der Waals surface area contributed by atoms with Gasteiger partial charge < -0.3 is 19.5 Å². The molecule has 6 nitrogen and oxygen atoms in total. The fourth-order valence-electron chi connectivity index (χ4n) is 2.29. The number of amides is 1. The molecule has 1 aromatic heterocycles. The Labute approximate surface area is 110 Å². The molecular weight excluding hydrogens is 250 g/mol. The normalized spacial score (nSPS) is 18.4. The van der Waals surface area contributed by atoms with Crippen LogP contribution in [0.1, 0.15) is 34.7 Å². The van der Waals surface area contributed by atoms with E-state index in [1.165, 1.54) is 4.90 Å². The number of furan rings is 1. The highest BCUT2D eigenvalue weighted by Gasteiger charge is 2.41. The molecule has 19 heavy (non-hydrogen) atoms. The Morgan fingerprint density at radius 2 is 1.89 bits per heavy atom. The van der Waals surface area contributed by atoms with E-state index in [1.807, 2.05) is 0 Å². The lowest BCUT2D eigenvalue weighted by Crippen LogP contribution is -2.50. The maximum Gasteiger partial charge on any atom is 0.335 e. The van der Waals surface area contributed by atoms with Crippen LogP contribution >= 0.6 is 0 Å². The summed E-state index contributed by atoms with van der Waals surface area (Å²) in [5, 5.41) is 18.7. The summed E-state index contributed by atoms with van der Waals surface area (Å²) >= 11 is 0. The van der Waals surface area contributed by atoms with E-state index in [0.29, 0.717) is 11.5 Å². The van der Waals surface area contributed by atoms with Crippen molar-refractivity contribution < 1.29 is 24.2 Å². The minimum atomic E-state index is -1.72. The summed E-state index contributed by atoms with van der Waals surface area (Å²) in [5.41, 5.74) is -0.952. The molecule has 0 saturated carbocycles. The quantitative estimate of drug-likeness (QED) is 0.832. The Bertz CT molecular complexity index is 511. The Balaban J connectivity index is 2.08. The van der Waals surface area contributed by atoms with Gasteiger partial charge in [0.05, 0.1) is 0 Å². The van der Waals surface area contributed by atoms with Crippen LogP contribution in [0.25, 0.3) is 0 Å². The highest BCUT2D eigenvalue weighted by Crippen LogP contribution is 2.25. The van der Waals surface area contributed by atoms with Crippen molar-refractivity contribution in [2.45, 2.75) is 32.3 Å². The number of aliphatic hydroxyl groups is 1. The van der Waals surface area contributed by atoms with Crippen LogP contribution in [0.3, 0.4) is 0 Å². The maximum absolute atomic E-state index is 12.2. The third kappa shape index (κ3) is 2.49. The number of carbonyl (C=O) groups excluding carboxylic acids is 1. The number of likely N-dealkylation sites (tertiary alicyclic amines) is 1. The number of carboxylic acid groups (broad SMARTS) is 1. The summed E-state index contributed by atoms with van der Waals surface area (Å²) in [6.07, 6.45) is 0.0691. The van der Waals surface area contributed by atoms with E-state index in [-0.39, 0.29) is 31.8 Å². The molecule has 6 heteroatoms. The molecule has 0 unspecified atom stereocenters. The van der Waals surface area contributed by atoms with Gasteiger partial charge in [0.2, 0.25) is 0 Å². The third-order valence-electron chi connectivity index (χ3n) is 3.51. The molecule has 104 valence electrons. The summed E-state index contributed by atoms with van der Waals surface area (Å²) in [4.78, 5) is 24.6. The Kier molecular flexibility index (Phi) is 3.36. The fraction of sp³-hybridized carbons (Fsp3) is 0.538. The largest absolute Gasteiger partial charge is 0.479 e. The SMILES string of the molecule is Cc1cc(C)c(C(=O)N2CCC(O)(C(=O)O)CC2)o1. The second-order valence-electron chi connectivity index (χ2n) is 5.00. The van der Waals surface area contributed by atoms with Crippen molar-refractivity contribution in [1.82, 2.24) is 4.90 Å². The zero-order valence-corrected chi connectivity index (χ0v) is 11.0. The van der Waals surface area contributed by atoms with Crippen molar-refractivity contribution in [3.8, 4) is 0 Å². The number of hydrogen-bond donors (Lipinski definition) is 2. The molecule has 2 N–H and O–H groups in total. The summed E-state index contributed by atoms with van der Waals surface area (Å²) in [5.74, 6) is -0.527. The van der Waals surface area contributed by atoms with Gasteiger partial charge in [-0.3, -0.25) is 4.79 Å². The zero-order chi connectivity index (χ0) is 14.2. The van der Waals surface area contributed by atoms with Gasteiger partial charge in [-0.05, 0) is 19.9 Å². The molecule has 1 aliphatic rings. The maximum atomic E-state index is 12.2. The van der Waals surface area contributed by atoms with Gasteiger partial charge in [0.1, 0.15) is 5.76 Å². The minimum absolute atomic E-state index is 0.0345. The molecule has 0 bridgehead atoms. The number of piperidine rings is 1. The van der Waals surface area contributed by atoms with E-state index in [9.17, 15) is 14.7 Å². The molecule has 1 fully saturated rings. The highest BCUT2D eigenvalue weighted by atomic mass is 16.4. The highest BCUT2D eigenvalue weighted by molar-refractivity contribution is 5.93. The van der Waals surface area contributed by atoms with Crippen molar-refractivity contribution in [3.63, 3.8) is 0 Å². The van der Waals surface area contributed by atoms with Gasteiger partial charge >= 0.3 is 5.97 Å². The van der Waals surface area contributed by atoms with Gasteiger partial charge in [0.25, 0.3) is 5.91 Å². The molecule has 1 aliphatic heterocycles. The molecule has 0 spiro atoms. The van der Waals surface area contributed by atoms with Crippen LogP contribution in [0.2, 0.25) is 0 Å². The average molecular weight is 267 g/mol.